The third-order valence-electron chi connectivity index (χ3n) is 2.70. The van der Waals surface area contributed by atoms with Gasteiger partial charge in [0.05, 0.1) is 5.56 Å². The van der Waals surface area contributed by atoms with Crippen molar-refractivity contribution in [1.29, 1.82) is 0 Å². The smallest absolute Gasteiger partial charge is 0.338 e. The second kappa shape index (κ2) is 6.06. The van der Waals surface area contributed by atoms with Crippen LogP contribution in [0.2, 0.25) is 5.15 Å². The highest BCUT2D eigenvalue weighted by molar-refractivity contribution is 7.16. The molecular formula is C12H11ClN4O3S. The Bertz CT molecular complexity index is 717. The van der Waals surface area contributed by atoms with Crippen molar-refractivity contribution >= 4 is 45.8 Å². The van der Waals surface area contributed by atoms with E-state index in [4.69, 9.17) is 11.6 Å². The number of amides is 2. The van der Waals surface area contributed by atoms with Gasteiger partial charge in [-0.1, -0.05) is 11.6 Å². The molecule has 110 valence electrons. The first-order chi connectivity index (χ1) is 9.88. The molecule has 0 aromatic carbocycles. The lowest BCUT2D eigenvalue weighted by Gasteiger charge is -2.06. The zero-order valence-corrected chi connectivity index (χ0v) is 12.7. The summed E-state index contributed by atoms with van der Waals surface area (Å²) in [5.41, 5.74) is 0.723. The normalized spacial score (nSPS) is 10.2. The molecule has 0 saturated heterocycles. The van der Waals surface area contributed by atoms with Gasteiger partial charge in [0.15, 0.2) is 0 Å². The molecule has 0 aliphatic heterocycles. The van der Waals surface area contributed by atoms with Crippen molar-refractivity contribution in [3.05, 3.63) is 33.6 Å². The SMILES string of the molecule is Cc1sc(NC(=O)Nc2cc(Cl)ncn2)c(C(=O)O)c1C. The molecule has 0 aliphatic carbocycles. The van der Waals surface area contributed by atoms with Gasteiger partial charge < -0.3 is 5.11 Å². The van der Waals surface area contributed by atoms with Gasteiger partial charge in [-0.05, 0) is 19.4 Å². The van der Waals surface area contributed by atoms with Crippen molar-refractivity contribution < 1.29 is 14.7 Å². The van der Waals surface area contributed by atoms with Crippen molar-refractivity contribution in [2.45, 2.75) is 13.8 Å². The number of aryl methyl sites for hydroxylation is 1. The number of carboxylic acids is 1. The molecule has 2 aromatic heterocycles. The molecule has 0 bridgehead atoms. The van der Waals surface area contributed by atoms with Gasteiger partial charge >= 0.3 is 12.0 Å². The molecule has 2 aromatic rings. The van der Waals surface area contributed by atoms with Gasteiger partial charge in [-0.3, -0.25) is 10.6 Å². The molecule has 0 spiro atoms. The number of anilines is 2. The maximum absolute atomic E-state index is 11.9. The highest BCUT2D eigenvalue weighted by Gasteiger charge is 2.20. The van der Waals surface area contributed by atoms with Crippen molar-refractivity contribution in [3.63, 3.8) is 0 Å². The number of nitrogens with zero attached hydrogens (tertiary/aromatic N) is 2. The lowest BCUT2D eigenvalue weighted by molar-refractivity contribution is 0.0697. The van der Waals surface area contributed by atoms with E-state index in [0.717, 1.165) is 4.88 Å². The first kappa shape index (κ1) is 15.2. The number of hydrogen-bond acceptors (Lipinski definition) is 5. The number of thiophene rings is 1. The number of carbonyl (C=O) groups excluding carboxylic acids is 1. The van der Waals surface area contributed by atoms with Crippen molar-refractivity contribution in [2.75, 3.05) is 10.6 Å². The van der Waals surface area contributed by atoms with E-state index in [2.05, 4.69) is 20.6 Å². The van der Waals surface area contributed by atoms with Crippen LogP contribution in [0.5, 0.6) is 0 Å². The maximum atomic E-state index is 11.9. The van der Waals surface area contributed by atoms with Gasteiger partial charge in [0.25, 0.3) is 0 Å². The summed E-state index contributed by atoms with van der Waals surface area (Å²) in [5.74, 6) is -0.869. The van der Waals surface area contributed by atoms with Gasteiger partial charge in [0.1, 0.15) is 22.3 Å². The van der Waals surface area contributed by atoms with E-state index < -0.39 is 12.0 Å². The predicted octanol–water partition coefficient (Wildman–Crippen LogP) is 3.15. The maximum Gasteiger partial charge on any atom is 0.338 e. The summed E-state index contributed by atoms with van der Waals surface area (Å²) in [6, 6.07) is 0.776. The van der Waals surface area contributed by atoms with E-state index in [-0.39, 0.29) is 21.5 Å². The second-order valence-corrected chi connectivity index (χ2v) is 5.71. The zero-order valence-electron chi connectivity index (χ0n) is 11.1. The van der Waals surface area contributed by atoms with E-state index in [1.807, 2.05) is 0 Å². The van der Waals surface area contributed by atoms with Crippen LogP contribution in [-0.4, -0.2) is 27.1 Å². The number of rotatable bonds is 3. The molecule has 2 amide bonds. The number of carboxylic acid groups (broad SMARTS) is 1. The highest BCUT2D eigenvalue weighted by atomic mass is 35.5. The summed E-state index contributed by atoms with van der Waals surface area (Å²) < 4.78 is 0. The summed E-state index contributed by atoms with van der Waals surface area (Å²) in [4.78, 5) is 31.5. The first-order valence-corrected chi connectivity index (χ1v) is 6.96. The molecular weight excluding hydrogens is 316 g/mol. The van der Waals surface area contributed by atoms with Crippen LogP contribution in [0, 0.1) is 13.8 Å². The van der Waals surface area contributed by atoms with E-state index in [1.165, 1.54) is 23.7 Å². The Balaban J connectivity index is 2.17. The average Bonchev–Trinajstić information content (AvgIpc) is 2.64. The monoisotopic (exact) mass is 326 g/mol. The van der Waals surface area contributed by atoms with Crippen LogP contribution in [0.4, 0.5) is 15.6 Å². The summed E-state index contributed by atoms with van der Waals surface area (Å²) in [7, 11) is 0. The minimum atomic E-state index is -1.09. The first-order valence-electron chi connectivity index (χ1n) is 5.77. The molecule has 0 fully saturated rings. The number of hydrogen-bond donors (Lipinski definition) is 3. The number of aromatic carboxylic acids is 1. The van der Waals surface area contributed by atoms with Crippen molar-refractivity contribution in [1.82, 2.24) is 9.97 Å². The van der Waals surface area contributed by atoms with Crippen LogP contribution in [0.1, 0.15) is 20.8 Å². The van der Waals surface area contributed by atoms with Crippen LogP contribution in [0.15, 0.2) is 12.4 Å². The van der Waals surface area contributed by atoms with Gasteiger partial charge in [0.2, 0.25) is 0 Å². The Morgan fingerprint density at radius 2 is 2.00 bits per heavy atom. The Morgan fingerprint density at radius 3 is 2.62 bits per heavy atom. The van der Waals surface area contributed by atoms with Crippen LogP contribution in [0.3, 0.4) is 0 Å². The lowest BCUT2D eigenvalue weighted by atomic mass is 10.1. The van der Waals surface area contributed by atoms with Gasteiger partial charge in [-0.2, -0.15) is 0 Å². The molecule has 0 aliphatic rings. The largest absolute Gasteiger partial charge is 0.478 e. The average molecular weight is 327 g/mol. The third-order valence-corrected chi connectivity index (χ3v) is 4.03. The van der Waals surface area contributed by atoms with Gasteiger partial charge in [-0.25, -0.2) is 19.6 Å². The van der Waals surface area contributed by atoms with Crippen LogP contribution in [0.25, 0.3) is 0 Å². The van der Waals surface area contributed by atoms with E-state index in [9.17, 15) is 14.7 Å². The summed E-state index contributed by atoms with van der Waals surface area (Å²) in [6.45, 7) is 3.49. The minimum absolute atomic E-state index is 0.0911. The Hall–Kier alpha value is -2.19. The van der Waals surface area contributed by atoms with E-state index in [1.54, 1.807) is 13.8 Å². The minimum Gasteiger partial charge on any atom is -0.478 e. The topological polar surface area (TPSA) is 104 Å². The number of aromatic nitrogens is 2. The Morgan fingerprint density at radius 1 is 1.29 bits per heavy atom. The van der Waals surface area contributed by atoms with E-state index >= 15 is 0 Å². The summed E-state index contributed by atoms with van der Waals surface area (Å²) in [6.07, 6.45) is 1.21. The van der Waals surface area contributed by atoms with Crippen LogP contribution >= 0.6 is 22.9 Å². The quantitative estimate of drug-likeness (QED) is 0.751. The summed E-state index contributed by atoms with van der Waals surface area (Å²) in [5, 5.41) is 14.6. The van der Waals surface area contributed by atoms with Crippen LogP contribution in [-0.2, 0) is 0 Å². The fourth-order valence-corrected chi connectivity index (χ4v) is 2.82. The highest BCUT2D eigenvalue weighted by Crippen LogP contribution is 2.32. The number of halogens is 1. The lowest BCUT2D eigenvalue weighted by Crippen LogP contribution is -2.20. The zero-order chi connectivity index (χ0) is 15.6. The van der Waals surface area contributed by atoms with Gasteiger partial charge in [0, 0.05) is 10.9 Å². The number of carbonyl (C=O) groups is 2. The molecule has 9 heteroatoms. The van der Waals surface area contributed by atoms with E-state index in [0.29, 0.717) is 5.56 Å². The standard InChI is InChI=1S/C12H11ClN4O3S/c1-5-6(2)21-10(9(5)11(18)19)17-12(20)16-8-3-7(13)14-4-15-8/h3-4H,1-2H3,(H,18,19)(H2,14,15,16,17,20). The molecule has 21 heavy (non-hydrogen) atoms. The molecule has 2 heterocycles. The molecule has 2 rings (SSSR count). The second-order valence-electron chi connectivity index (χ2n) is 4.10. The molecule has 3 N–H and O–H groups in total. The molecule has 0 atom stereocenters. The number of nitrogens with one attached hydrogen (secondary N) is 2. The molecule has 7 nitrogen and oxygen atoms in total. The molecule has 0 radical (unpaired) electrons. The van der Waals surface area contributed by atoms with Crippen LogP contribution < -0.4 is 10.6 Å². The summed E-state index contributed by atoms with van der Waals surface area (Å²) >= 11 is 6.88. The third kappa shape index (κ3) is 3.47. The predicted molar refractivity (Wildman–Crippen MR) is 80.4 cm³/mol. The Kier molecular flexibility index (Phi) is 4.39. The fraction of sp³-hybridized carbons (Fsp3) is 0.167. The van der Waals surface area contributed by atoms with Crippen molar-refractivity contribution in [2.24, 2.45) is 0 Å². The Labute approximate surface area is 129 Å². The molecule has 0 unspecified atom stereocenters. The van der Waals surface area contributed by atoms with Crippen molar-refractivity contribution in [3.8, 4) is 0 Å². The number of urea groups is 1. The van der Waals surface area contributed by atoms with Gasteiger partial charge in [-0.15, -0.1) is 11.3 Å². The molecule has 0 saturated carbocycles. The fourth-order valence-electron chi connectivity index (χ4n) is 1.63.